The number of rotatable bonds is 3. The van der Waals surface area contributed by atoms with Gasteiger partial charge in [0.25, 0.3) is 0 Å². The van der Waals surface area contributed by atoms with Gasteiger partial charge in [-0.15, -0.1) is 0 Å². The molecule has 5 heteroatoms. The molecule has 20 heavy (non-hydrogen) atoms. The van der Waals surface area contributed by atoms with Crippen molar-refractivity contribution in [2.75, 3.05) is 0 Å². The number of hydrogen-bond acceptors (Lipinski definition) is 4. The lowest BCUT2D eigenvalue weighted by Crippen LogP contribution is -2.27. The second kappa shape index (κ2) is 6.49. The molecular weight excluding hydrogens is 254 g/mol. The predicted octanol–water partition coefficient (Wildman–Crippen LogP) is 1.83. The summed E-state index contributed by atoms with van der Waals surface area (Å²) in [4.78, 5) is 16.5. The Morgan fingerprint density at radius 2 is 1.70 bits per heavy atom. The summed E-state index contributed by atoms with van der Waals surface area (Å²) in [7, 11) is 0. The van der Waals surface area contributed by atoms with Gasteiger partial charge in [-0.2, -0.15) is 5.48 Å². The third kappa shape index (κ3) is 3.43. The molecule has 0 aromatic heterocycles. The monoisotopic (exact) mass is 269 g/mol. The highest BCUT2D eigenvalue weighted by Crippen LogP contribution is 2.04. The average Bonchev–Trinajstić information content (AvgIpc) is 2.53. The molecule has 2 aromatic rings. The molecule has 0 aliphatic rings. The molecule has 0 spiro atoms. The van der Waals surface area contributed by atoms with E-state index in [1.165, 1.54) is 0 Å². The Bertz CT molecular complexity index is 594. The molecule has 0 saturated carbocycles. The van der Waals surface area contributed by atoms with Crippen molar-refractivity contribution in [2.45, 2.75) is 6.54 Å². The third-order valence-corrected chi connectivity index (χ3v) is 2.73. The molecule has 2 rings (SSSR count). The highest BCUT2D eigenvalue weighted by Gasteiger charge is 2.08. The largest absolute Gasteiger partial charge is 0.362 e. The third-order valence-electron chi connectivity index (χ3n) is 2.73. The standard InChI is InChI=1S/C15H15N3O2/c16-10-11-6-8-12(9-7-11)14(17)18-20-15(19)13-4-2-1-3-5-13/h1-9H,10,16H2,(H2,17,18). The van der Waals surface area contributed by atoms with Gasteiger partial charge in [-0.1, -0.05) is 42.5 Å². The van der Waals surface area contributed by atoms with Gasteiger partial charge >= 0.3 is 5.97 Å². The molecule has 0 heterocycles. The molecule has 0 bridgehead atoms. The SMILES string of the molecule is N=C(NOC(=O)c1ccccc1)c1ccc(CN)cc1. The fourth-order valence-electron chi connectivity index (χ4n) is 1.60. The van der Waals surface area contributed by atoms with Crippen molar-refractivity contribution < 1.29 is 9.63 Å². The molecule has 102 valence electrons. The van der Waals surface area contributed by atoms with E-state index in [2.05, 4.69) is 5.48 Å². The lowest BCUT2D eigenvalue weighted by Gasteiger charge is -2.08. The molecule has 0 saturated heterocycles. The summed E-state index contributed by atoms with van der Waals surface area (Å²) in [6.45, 7) is 0.448. The van der Waals surface area contributed by atoms with Gasteiger partial charge in [0.15, 0.2) is 5.84 Å². The van der Waals surface area contributed by atoms with Crippen molar-refractivity contribution in [1.29, 1.82) is 5.41 Å². The van der Waals surface area contributed by atoms with Gasteiger partial charge in [-0.25, -0.2) is 4.79 Å². The number of amidine groups is 1. The highest BCUT2D eigenvalue weighted by atomic mass is 16.7. The smallest absolute Gasteiger partial charge is 0.336 e. The van der Waals surface area contributed by atoms with Crippen molar-refractivity contribution in [3.63, 3.8) is 0 Å². The van der Waals surface area contributed by atoms with E-state index in [0.29, 0.717) is 17.7 Å². The van der Waals surface area contributed by atoms with Crippen LogP contribution in [-0.2, 0) is 11.4 Å². The maximum atomic E-state index is 11.7. The number of hydrogen-bond donors (Lipinski definition) is 3. The van der Waals surface area contributed by atoms with Crippen molar-refractivity contribution in [3.8, 4) is 0 Å². The van der Waals surface area contributed by atoms with Crippen LogP contribution in [0.3, 0.4) is 0 Å². The Labute approximate surface area is 116 Å². The van der Waals surface area contributed by atoms with Crippen molar-refractivity contribution in [2.24, 2.45) is 5.73 Å². The van der Waals surface area contributed by atoms with E-state index in [4.69, 9.17) is 16.0 Å². The number of hydroxylamine groups is 1. The summed E-state index contributed by atoms with van der Waals surface area (Å²) < 4.78 is 0. The van der Waals surface area contributed by atoms with E-state index < -0.39 is 5.97 Å². The molecule has 0 aliphatic carbocycles. The van der Waals surface area contributed by atoms with Gasteiger partial charge in [-0.3, -0.25) is 5.41 Å². The van der Waals surface area contributed by atoms with E-state index in [-0.39, 0.29) is 5.84 Å². The lowest BCUT2D eigenvalue weighted by molar-refractivity contribution is 0.0386. The van der Waals surface area contributed by atoms with Crippen LogP contribution >= 0.6 is 0 Å². The number of carbonyl (C=O) groups excluding carboxylic acids is 1. The van der Waals surface area contributed by atoms with Crippen molar-refractivity contribution in [1.82, 2.24) is 5.48 Å². The topological polar surface area (TPSA) is 88.2 Å². The zero-order chi connectivity index (χ0) is 14.4. The van der Waals surface area contributed by atoms with Crippen molar-refractivity contribution >= 4 is 11.8 Å². The second-order valence-electron chi connectivity index (χ2n) is 4.13. The Morgan fingerprint density at radius 3 is 2.30 bits per heavy atom. The van der Waals surface area contributed by atoms with Crippen LogP contribution in [0.4, 0.5) is 0 Å². The van der Waals surface area contributed by atoms with Crippen LogP contribution in [0.2, 0.25) is 0 Å². The quantitative estimate of drug-likeness (QED) is 0.450. The van der Waals surface area contributed by atoms with Crippen LogP contribution in [-0.4, -0.2) is 11.8 Å². The minimum absolute atomic E-state index is 0.0119. The Kier molecular flexibility index (Phi) is 4.47. The van der Waals surface area contributed by atoms with Crippen LogP contribution in [0.1, 0.15) is 21.5 Å². The van der Waals surface area contributed by atoms with Gasteiger partial charge in [0.1, 0.15) is 0 Å². The minimum Gasteiger partial charge on any atom is -0.336 e. The second-order valence-corrected chi connectivity index (χ2v) is 4.13. The fourth-order valence-corrected chi connectivity index (χ4v) is 1.60. The maximum Gasteiger partial charge on any atom is 0.362 e. The van der Waals surface area contributed by atoms with E-state index in [0.717, 1.165) is 5.56 Å². The van der Waals surface area contributed by atoms with Gasteiger partial charge < -0.3 is 10.6 Å². The molecule has 0 radical (unpaired) electrons. The molecule has 0 fully saturated rings. The van der Waals surface area contributed by atoms with Gasteiger partial charge in [0.2, 0.25) is 0 Å². The number of nitrogens with one attached hydrogen (secondary N) is 2. The van der Waals surface area contributed by atoms with Gasteiger partial charge in [0.05, 0.1) is 5.56 Å². The lowest BCUT2D eigenvalue weighted by atomic mass is 10.1. The molecule has 5 nitrogen and oxygen atoms in total. The molecule has 0 unspecified atom stereocenters. The first-order valence-electron chi connectivity index (χ1n) is 6.11. The van der Waals surface area contributed by atoms with E-state index in [9.17, 15) is 4.79 Å². The van der Waals surface area contributed by atoms with E-state index in [1.54, 1.807) is 36.4 Å². The molecule has 2 aromatic carbocycles. The van der Waals surface area contributed by atoms with Crippen LogP contribution in [0.25, 0.3) is 0 Å². The number of benzene rings is 2. The molecule has 0 atom stereocenters. The molecule has 4 N–H and O–H groups in total. The molecule has 0 aliphatic heterocycles. The zero-order valence-corrected chi connectivity index (χ0v) is 10.8. The molecule has 0 amide bonds. The first-order chi connectivity index (χ1) is 9.70. The average molecular weight is 269 g/mol. The summed E-state index contributed by atoms with van der Waals surface area (Å²) in [6.07, 6.45) is 0. The van der Waals surface area contributed by atoms with Crippen LogP contribution in [0, 0.1) is 5.41 Å². The summed E-state index contributed by atoms with van der Waals surface area (Å²) in [6, 6.07) is 15.7. The highest BCUT2D eigenvalue weighted by molar-refractivity contribution is 5.97. The van der Waals surface area contributed by atoms with Crippen LogP contribution < -0.4 is 11.2 Å². The summed E-state index contributed by atoms with van der Waals surface area (Å²) in [5.74, 6) is -0.521. The molecular formula is C15H15N3O2. The van der Waals surface area contributed by atoms with Crippen molar-refractivity contribution in [3.05, 3.63) is 71.3 Å². The van der Waals surface area contributed by atoms with Gasteiger partial charge in [0, 0.05) is 12.1 Å². The van der Waals surface area contributed by atoms with Crippen LogP contribution in [0.5, 0.6) is 0 Å². The van der Waals surface area contributed by atoms with E-state index >= 15 is 0 Å². The predicted molar refractivity (Wildman–Crippen MR) is 76.2 cm³/mol. The number of nitrogens with two attached hydrogens (primary N) is 1. The fraction of sp³-hybridized carbons (Fsp3) is 0.0667. The maximum absolute atomic E-state index is 11.7. The summed E-state index contributed by atoms with van der Waals surface area (Å²) in [5, 5.41) is 7.79. The zero-order valence-electron chi connectivity index (χ0n) is 10.8. The number of carbonyl (C=O) groups is 1. The van der Waals surface area contributed by atoms with Gasteiger partial charge in [-0.05, 0) is 17.7 Å². The Hall–Kier alpha value is -2.66. The van der Waals surface area contributed by atoms with E-state index in [1.807, 2.05) is 18.2 Å². The Balaban J connectivity index is 1.93. The first kappa shape index (κ1) is 13.8. The van der Waals surface area contributed by atoms with Crippen LogP contribution in [0.15, 0.2) is 54.6 Å². The summed E-state index contributed by atoms with van der Waals surface area (Å²) in [5.41, 5.74) is 9.85. The minimum atomic E-state index is -0.533. The normalized spacial score (nSPS) is 9.85. The Morgan fingerprint density at radius 1 is 1.05 bits per heavy atom. The summed E-state index contributed by atoms with van der Waals surface area (Å²) >= 11 is 0. The first-order valence-corrected chi connectivity index (χ1v) is 6.11.